The topological polar surface area (TPSA) is 63.3 Å². The second-order valence-corrected chi connectivity index (χ2v) is 2.51. The van der Waals surface area contributed by atoms with Crippen LogP contribution >= 0.6 is 0 Å². The quantitative estimate of drug-likeness (QED) is 0.657. The molecule has 0 atom stereocenters. The number of nitrogens with two attached hydrogens (primary N) is 1. The Morgan fingerprint density at radius 3 is 2.67 bits per heavy atom. The van der Waals surface area contributed by atoms with Gasteiger partial charge in [0.1, 0.15) is 0 Å². The first-order valence-electron chi connectivity index (χ1n) is 3.31. The Balaban J connectivity index is 3.37. The van der Waals surface area contributed by atoms with Crippen molar-refractivity contribution in [1.29, 1.82) is 0 Å². The van der Waals surface area contributed by atoms with Crippen molar-refractivity contribution >= 4 is 5.91 Å². The predicted octanol–water partition coefficient (Wildman–Crippen LogP) is 0.939. The highest BCUT2D eigenvalue weighted by Gasteiger charge is 2.12. The van der Waals surface area contributed by atoms with E-state index in [-0.39, 0.29) is 5.56 Å². The summed E-state index contributed by atoms with van der Waals surface area (Å²) >= 11 is 0. The average molecular weight is 169 g/mol. The van der Waals surface area contributed by atoms with Crippen LogP contribution in [0.4, 0.5) is 4.39 Å². The van der Waals surface area contributed by atoms with E-state index < -0.39 is 17.5 Å². The molecule has 1 aromatic rings. The first-order valence-corrected chi connectivity index (χ1v) is 3.31. The molecule has 0 aliphatic carbocycles. The van der Waals surface area contributed by atoms with Gasteiger partial charge < -0.3 is 10.8 Å². The highest BCUT2D eigenvalue weighted by atomic mass is 19.1. The minimum atomic E-state index is -0.838. The van der Waals surface area contributed by atoms with Crippen molar-refractivity contribution in [3.63, 3.8) is 0 Å². The number of benzene rings is 1. The van der Waals surface area contributed by atoms with Crippen LogP contribution in [0.5, 0.6) is 5.75 Å². The Kier molecular flexibility index (Phi) is 1.99. The van der Waals surface area contributed by atoms with Crippen LogP contribution in [-0.4, -0.2) is 11.0 Å². The highest BCUT2D eigenvalue weighted by molar-refractivity contribution is 5.95. The molecule has 1 aromatic carbocycles. The maximum atomic E-state index is 12.7. The van der Waals surface area contributed by atoms with Crippen molar-refractivity contribution in [3.8, 4) is 5.75 Å². The Morgan fingerprint density at radius 2 is 2.17 bits per heavy atom. The summed E-state index contributed by atoms with van der Waals surface area (Å²) in [5, 5.41) is 9.02. The number of carbonyl (C=O) groups is 1. The molecule has 0 radical (unpaired) electrons. The third-order valence-electron chi connectivity index (χ3n) is 1.47. The molecule has 0 fully saturated rings. The molecular weight excluding hydrogens is 161 g/mol. The summed E-state index contributed by atoms with van der Waals surface area (Å²) in [6, 6.07) is 2.46. The van der Waals surface area contributed by atoms with E-state index in [1.165, 1.54) is 6.07 Å². The molecular formula is C8H8FNO2. The molecule has 3 N–H and O–H groups in total. The van der Waals surface area contributed by atoms with E-state index in [0.29, 0.717) is 5.56 Å². The van der Waals surface area contributed by atoms with Gasteiger partial charge in [0.2, 0.25) is 0 Å². The first kappa shape index (κ1) is 8.52. The van der Waals surface area contributed by atoms with E-state index in [1.54, 1.807) is 6.92 Å². The van der Waals surface area contributed by atoms with E-state index in [2.05, 4.69) is 0 Å². The Labute approximate surface area is 68.6 Å². The molecule has 3 nitrogen and oxygen atoms in total. The summed E-state index contributed by atoms with van der Waals surface area (Å²) in [6.45, 7) is 1.61. The van der Waals surface area contributed by atoms with Crippen molar-refractivity contribution in [2.45, 2.75) is 6.92 Å². The van der Waals surface area contributed by atoms with Crippen molar-refractivity contribution in [2.75, 3.05) is 0 Å². The first-order chi connectivity index (χ1) is 5.52. The van der Waals surface area contributed by atoms with Gasteiger partial charge in [0.15, 0.2) is 11.6 Å². The zero-order valence-corrected chi connectivity index (χ0v) is 6.47. The molecule has 0 heterocycles. The Hall–Kier alpha value is -1.58. The lowest BCUT2D eigenvalue weighted by Gasteiger charge is -2.02. The summed E-state index contributed by atoms with van der Waals surface area (Å²) in [7, 11) is 0. The number of carbonyl (C=O) groups excluding carboxylic acids is 1. The molecule has 0 saturated carbocycles. The minimum absolute atomic E-state index is 0.187. The van der Waals surface area contributed by atoms with Crippen LogP contribution in [-0.2, 0) is 0 Å². The SMILES string of the molecule is Cc1cc(F)c(O)c(C(N)=O)c1. The van der Waals surface area contributed by atoms with Gasteiger partial charge in [-0.1, -0.05) is 0 Å². The van der Waals surface area contributed by atoms with E-state index >= 15 is 0 Å². The average Bonchev–Trinajstić information content (AvgIpc) is 1.96. The zero-order chi connectivity index (χ0) is 9.30. The predicted molar refractivity (Wildman–Crippen MR) is 41.3 cm³/mol. The van der Waals surface area contributed by atoms with Crippen molar-refractivity contribution in [1.82, 2.24) is 0 Å². The number of aromatic hydroxyl groups is 1. The fraction of sp³-hybridized carbons (Fsp3) is 0.125. The monoisotopic (exact) mass is 169 g/mol. The third-order valence-corrected chi connectivity index (χ3v) is 1.47. The Bertz CT molecular complexity index is 336. The molecule has 4 heteroatoms. The molecule has 1 amide bonds. The molecule has 0 aliphatic rings. The molecule has 0 unspecified atom stereocenters. The van der Waals surface area contributed by atoms with Crippen LogP contribution in [0.2, 0.25) is 0 Å². The largest absolute Gasteiger partial charge is 0.504 e. The lowest BCUT2D eigenvalue weighted by molar-refractivity contribution is 0.0997. The van der Waals surface area contributed by atoms with Gasteiger partial charge in [-0.25, -0.2) is 4.39 Å². The van der Waals surface area contributed by atoms with Gasteiger partial charge in [0.25, 0.3) is 5.91 Å². The molecule has 12 heavy (non-hydrogen) atoms. The number of hydrogen-bond acceptors (Lipinski definition) is 2. The van der Waals surface area contributed by atoms with Gasteiger partial charge in [-0.15, -0.1) is 0 Å². The zero-order valence-electron chi connectivity index (χ0n) is 6.47. The summed E-state index contributed by atoms with van der Waals surface area (Å²) in [6.07, 6.45) is 0. The van der Waals surface area contributed by atoms with Crippen molar-refractivity contribution < 1.29 is 14.3 Å². The molecule has 0 saturated heterocycles. The number of phenols is 1. The molecule has 1 rings (SSSR count). The second kappa shape index (κ2) is 2.81. The second-order valence-electron chi connectivity index (χ2n) is 2.51. The van der Waals surface area contributed by atoms with Crippen LogP contribution in [0.3, 0.4) is 0 Å². The number of primary amides is 1. The number of aryl methyl sites for hydroxylation is 1. The maximum Gasteiger partial charge on any atom is 0.252 e. The standard InChI is InChI=1S/C8H8FNO2/c1-4-2-5(8(10)12)7(11)6(9)3-4/h2-3,11H,1H3,(H2,10,12). The lowest BCUT2D eigenvalue weighted by atomic mass is 10.1. The normalized spacial score (nSPS) is 9.83. The summed E-state index contributed by atoms with van der Waals surface area (Å²) in [5.41, 5.74) is 5.24. The summed E-state index contributed by atoms with van der Waals surface area (Å²) in [4.78, 5) is 10.6. The fourth-order valence-corrected chi connectivity index (χ4v) is 0.922. The Morgan fingerprint density at radius 1 is 1.58 bits per heavy atom. The van der Waals surface area contributed by atoms with Gasteiger partial charge in [-0.2, -0.15) is 0 Å². The van der Waals surface area contributed by atoms with E-state index in [9.17, 15) is 9.18 Å². The summed E-state index contributed by atoms with van der Waals surface area (Å²) in [5.74, 6) is -2.35. The van der Waals surface area contributed by atoms with Crippen LogP contribution in [0.25, 0.3) is 0 Å². The number of rotatable bonds is 1. The van der Waals surface area contributed by atoms with Crippen molar-refractivity contribution in [2.24, 2.45) is 5.73 Å². The van der Waals surface area contributed by atoms with Crippen LogP contribution in [0, 0.1) is 12.7 Å². The smallest absolute Gasteiger partial charge is 0.252 e. The highest BCUT2D eigenvalue weighted by Crippen LogP contribution is 2.21. The van der Waals surface area contributed by atoms with E-state index in [0.717, 1.165) is 6.07 Å². The molecule has 0 aromatic heterocycles. The van der Waals surface area contributed by atoms with E-state index in [1.807, 2.05) is 0 Å². The van der Waals surface area contributed by atoms with Gasteiger partial charge in [0, 0.05) is 0 Å². The fourth-order valence-electron chi connectivity index (χ4n) is 0.922. The number of halogens is 1. The number of amides is 1. The lowest BCUT2D eigenvalue weighted by Crippen LogP contribution is -2.11. The van der Waals surface area contributed by atoms with Crippen LogP contribution in [0.1, 0.15) is 15.9 Å². The van der Waals surface area contributed by atoms with Crippen LogP contribution in [0.15, 0.2) is 12.1 Å². The molecule has 64 valence electrons. The third kappa shape index (κ3) is 1.37. The van der Waals surface area contributed by atoms with Crippen molar-refractivity contribution in [3.05, 3.63) is 29.1 Å². The van der Waals surface area contributed by atoms with Gasteiger partial charge in [0.05, 0.1) is 5.56 Å². The molecule has 0 aliphatic heterocycles. The van der Waals surface area contributed by atoms with Gasteiger partial charge >= 0.3 is 0 Å². The number of hydrogen-bond donors (Lipinski definition) is 2. The van der Waals surface area contributed by atoms with Crippen LogP contribution < -0.4 is 5.73 Å². The molecule has 0 spiro atoms. The van der Waals surface area contributed by atoms with Gasteiger partial charge in [-0.3, -0.25) is 4.79 Å². The van der Waals surface area contributed by atoms with E-state index in [4.69, 9.17) is 10.8 Å². The summed E-state index contributed by atoms with van der Waals surface area (Å²) < 4.78 is 12.7. The minimum Gasteiger partial charge on any atom is -0.504 e. The van der Waals surface area contributed by atoms with Gasteiger partial charge in [-0.05, 0) is 24.6 Å². The molecule has 0 bridgehead atoms. The maximum absolute atomic E-state index is 12.7.